The summed E-state index contributed by atoms with van der Waals surface area (Å²) in [7, 11) is 0. The Bertz CT molecular complexity index is 397. The summed E-state index contributed by atoms with van der Waals surface area (Å²) in [6.45, 7) is 0.705. The third-order valence-electron chi connectivity index (χ3n) is 2.71. The molecule has 0 bridgehead atoms. The average molecular weight is 223 g/mol. The highest BCUT2D eigenvalue weighted by atomic mass is 16.6. The van der Waals surface area contributed by atoms with Gasteiger partial charge in [0.15, 0.2) is 0 Å². The molecule has 1 aliphatic heterocycles. The van der Waals surface area contributed by atoms with Gasteiger partial charge in [-0.25, -0.2) is 0 Å². The summed E-state index contributed by atoms with van der Waals surface area (Å²) >= 11 is 0. The van der Waals surface area contributed by atoms with E-state index in [-0.39, 0.29) is 17.8 Å². The molecular weight excluding hydrogens is 210 g/mol. The number of aliphatic hydroxyl groups excluding tert-OH is 1. The normalized spacial score (nSPS) is 25.3. The largest absolute Gasteiger partial charge is 0.393 e. The molecule has 6 nitrogen and oxygen atoms in total. The van der Waals surface area contributed by atoms with Crippen LogP contribution in [-0.4, -0.2) is 27.7 Å². The zero-order valence-electron chi connectivity index (χ0n) is 8.67. The Kier molecular flexibility index (Phi) is 3.12. The molecule has 1 saturated heterocycles. The summed E-state index contributed by atoms with van der Waals surface area (Å²) in [5.74, 6) is 0. The van der Waals surface area contributed by atoms with Gasteiger partial charge in [0.1, 0.15) is 0 Å². The molecule has 2 N–H and O–H groups in total. The first-order valence-electron chi connectivity index (χ1n) is 5.18. The summed E-state index contributed by atoms with van der Waals surface area (Å²) in [4.78, 5) is 14.3. The van der Waals surface area contributed by atoms with Gasteiger partial charge >= 0.3 is 0 Å². The van der Waals surface area contributed by atoms with Crippen LogP contribution < -0.4 is 5.32 Å². The van der Waals surface area contributed by atoms with Crippen molar-refractivity contribution in [1.82, 2.24) is 10.3 Å². The number of hydrogen-bond donors (Lipinski definition) is 2. The molecule has 1 aliphatic rings. The van der Waals surface area contributed by atoms with Gasteiger partial charge in [-0.1, -0.05) is 0 Å². The smallest absolute Gasteiger partial charge is 0.272 e. The number of pyridine rings is 1. The Morgan fingerprint density at radius 1 is 1.62 bits per heavy atom. The Morgan fingerprint density at radius 2 is 2.44 bits per heavy atom. The van der Waals surface area contributed by atoms with E-state index in [1.54, 1.807) is 0 Å². The van der Waals surface area contributed by atoms with Crippen molar-refractivity contribution in [3.63, 3.8) is 0 Å². The standard InChI is InChI=1S/C10H13N3O3/c14-8-2-4-12-10(6-8)9-5-7(13(15)16)1-3-11-9/h1,3,5,8,10,12,14H,2,4,6H2. The van der Waals surface area contributed by atoms with E-state index in [4.69, 9.17) is 0 Å². The molecule has 0 aliphatic carbocycles. The maximum absolute atomic E-state index is 10.6. The molecule has 6 heteroatoms. The Morgan fingerprint density at radius 3 is 3.12 bits per heavy atom. The molecule has 0 spiro atoms. The van der Waals surface area contributed by atoms with Crippen LogP contribution in [0.25, 0.3) is 0 Å². The quantitative estimate of drug-likeness (QED) is 0.571. The van der Waals surface area contributed by atoms with E-state index in [1.807, 2.05) is 0 Å². The first kappa shape index (κ1) is 11.0. The molecule has 2 atom stereocenters. The molecule has 2 rings (SSSR count). The van der Waals surface area contributed by atoms with Crippen LogP contribution in [0.3, 0.4) is 0 Å². The van der Waals surface area contributed by atoms with Crippen LogP contribution in [0, 0.1) is 10.1 Å². The lowest BCUT2D eigenvalue weighted by molar-refractivity contribution is -0.385. The minimum atomic E-state index is -0.440. The number of aromatic nitrogens is 1. The van der Waals surface area contributed by atoms with Crippen LogP contribution in [0.4, 0.5) is 5.69 Å². The molecule has 2 unspecified atom stereocenters. The highest BCUT2D eigenvalue weighted by Gasteiger charge is 2.23. The fraction of sp³-hybridized carbons (Fsp3) is 0.500. The lowest BCUT2D eigenvalue weighted by atomic mass is 9.99. The van der Waals surface area contributed by atoms with Crippen LogP contribution >= 0.6 is 0 Å². The van der Waals surface area contributed by atoms with Crippen LogP contribution in [0.5, 0.6) is 0 Å². The zero-order chi connectivity index (χ0) is 11.5. The number of nitrogens with zero attached hydrogens (tertiary/aromatic N) is 2. The van der Waals surface area contributed by atoms with Gasteiger partial charge in [0, 0.05) is 18.3 Å². The molecule has 0 aromatic carbocycles. The lowest BCUT2D eigenvalue weighted by Crippen LogP contribution is -2.34. The van der Waals surface area contributed by atoms with Crippen molar-refractivity contribution in [2.75, 3.05) is 6.54 Å². The van der Waals surface area contributed by atoms with E-state index in [0.29, 0.717) is 25.1 Å². The van der Waals surface area contributed by atoms with Gasteiger partial charge in [-0.05, 0) is 19.4 Å². The van der Waals surface area contributed by atoms with E-state index in [2.05, 4.69) is 10.3 Å². The summed E-state index contributed by atoms with van der Waals surface area (Å²) in [6.07, 6.45) is 2.34. The molecule has 1 aromatic rings. The van der Waals surface area contributed by atoms with E-state index >= 15 is 0 Å². The van der Waals surface area contributed by atoms with Gasteiger partial charge in [-0.2, -0.15) is 0 Å². The van der Waals surface area contributed by atoms with Gasteiger partial charge < -0.3 is 10.4 Å². The van der Waals surface area contributed by atoms with Crippen molar-refractivity contribution in [3.8, 4) is 0 Å². The van der Waals surface area contributed by atoms with Crippen molar-refractivity contribution < 1.29 is 10.0 Å². The second kappa shape index (κ2) is 4.54. The van der Waals surface area contributed by atoms with Crippen LogP contribution in [0.2, 0.25) is 0 Å². The zero-order valence-corrected chi connectivity index (χ0v) is 8.67. The highest BCUT2D eigenvalue weighted by Crippen LogP contribution is 2.23. The summed E-state index contributed by atoms with van der Waals surface area (Å²) in [5, 5.41) is 23.3. The number of hydrogen-bond acceptors (Lipinski definition) is 5. The van der Waals surface area contributed by atoms with Crippen LogP contribution in [-0.2, 0) is 0 Å². The van der Waals surface area contributed by atoms with E-state index in [1.165, 1.54) is 18.3 Å². The molecule has 1 aromatic heterocycles. The van der Waals surface area contributed by atoms with Crippen LogP contribution in [0.15, 0.2) is 18.3 Å². The van der Waals surface area contributed by atoms with Gasteiger partial charge in [0.2, 0.25) is 0 Å². The summed E-state index contributed by atoms with van der Waals surface area (Å²) in [6, 6.07) is 2.72. The molecule has 0 radical (unpaired) electrons. The molecule has 0 amide bonds. The maximum atomic E-state index is 10.6. The summed E-state index contributed by atoms with van der Waals surface area (Å²) in [5.41, 5.74) is 0.653. The Hall–Kier alpha value is -1.53. The third-order valence-corrected chi connectivity index (χ3v) is 2.71. The number of rotatable bonds is 2. The predicted molar refractivity (Wildman–Crippen MR) is 56.9 cm³/mol. The maximum Gasteiger partial charge on any atom is 0.272 e. The number of piperidine rings is 1. The minimum Gasteiger partial charge on any atom is -0.393 e. The van der Waals surface area contributed by atoms with Crippen molar-refractivity contribution in [2.24, 2.45) is 0 Å². The SMILES string of the molecule is O=[N+]([O-])c1ccnc(C2CC(O)CCN2)c1. The van der Waals surface area contributed by atoms with Crippen molar-refractivity contribution in [3.05, 3.63) is 34.1 Å². The second-order valence-corrected chi connectivity index (χ2v) is 3.88. The summed E-state index contributed by atoms with van der Waals surface area (Å²) < 4.78 is 0. The monoisotopic (exact) mass is 223 g/mol. The molecule has 2 heterocycles. The molecule has 0 saturated carbocycles. The number of aliphatic hydroxyl groups is 1. The fourth-order valence-corrected chi connectivity index (χ4v) is 1.86. The lowest BCUT2D eigenvalue weighted by Gasteiger charge is -2.26. The van der Waals surface area contributed by atoms with Gasteiger partial charge in [0.05, 0.1) is 22.8 Å². The van der Waals surface area contributed by atoms with Crippen molar-refractivity contribution >= 4 is 5.69 Å². The van der Waals surface area contributed by atoms with E-state index < -0.39 is 4.92 Å². The van der Waals surface area contributed by atoms with Gasteiger partial charge in [0.25, 0.3) is 5.69 Å². The molecular formula is C10H13N3O3. The van der Waals surface area contributed by atoms with Crippen molar-refractivity contribution in [2.45, 2.75) is 25.0 Å². The predicted octanol–water partition coefficient (Wildman–Crippen LogP) is 0.775. The number of nitrogens with one attached hydrogen (secondary N) is 1. The minimum absolute atomic E-state index is 0.0341. The average Bonchev–Trinajstić information content (AvgIpc) is 2.29. The highest BCUT2D eigenvalue weighted by molar-refractivity contribution is 5.31. The van der Waals surface area contributed by atoms with E-state index in [0.717, 1.165) is 0 Å². The first-order chi connectivity index (χ1) is 7.66. The van der Waals surface area contributed by atoms with Gasteiger partial charge in [-0.3, -0.25) is 15.1 Å². The Balaban J connectivity index is 2.19. The number of nitro groups is 1. The molecule has 1 fully saturated rings. The second-order valence-electron chi connectivity index (χ2n) is 3.88. The molecule has 16 heavy (non-hydrogen) atoms. The Labute approximate surface area is 92.5 Å². The molecule has 86 valence electrons. The third kappa shape index (κ3) is 2.34. The topological polar surface area (TPSA) is 88.3 Å². The first-order valence-corrected chi connectivity index (χ1v) is 5.18. The van der Waals surface area contributed by atoms with E-state index in [9.17, 15) is 15.2 Å². The fourth-order valence-electron chi connectivity index (χ4n) is 1.86. The van der Waals surface area contributed by atoms with Crippen molar-refractivity contribution in [1.29, 1.82) is 0 Å². The van der Waals surface area contributed by atoms with Crippen LogP contribution in [0.1, 0.15) is 24.6 Å². The van der Waals surface area contributed by atoms with Gasteiger partial charge in [-0.15, -0.1) is 0 Å².